The minimum absolute atomic E-state index is 0.248. The number of aromatic nitrogens is 2. The molecule has 0 spiro atoms. The van der Waals surface area contributed by atoms with Crippen molar-refractivity contribution in [3.05, 3.63) is 22.8 Å². The van der Waals surface area contributed by atoms with Gasteiger partial charge in [0.05, 0.1) is 0 Å². The first-order valence-corrected chi connectivity index (χ1v) is 7.23. The van der Waals surface area contributed by atoms with Crippen LogP contribution in [0.5, 0.6) is 0 Å². The monoisotopic (exact) mass is 263 g/mol. The predicted molar refractivity (Wildman–Crippen MR) is 76.0 cm³/mol. The normalized spacial score (nSPS) is 17.9. The molecule has 1 saturated carbocycles. The molecule has 106 valence electrons. The highest BCUT2D eigenvalue weighted by Crippen LogP contribution is 2.40. The van der Waals surface area contributed by atoms with Gasteiger partial charge in [0.25, 0.3) is 0 Å². The summed E-state index contributed by atoms with van der Waals surface area (Å²) in [6, 6.07) is 0. The first-order valence-electron chi connectivity index (χ1n) is 7.23. The largest absolute Gasteiger partial charge is 0.370 e. The van der Waals surface area contributed by atoms with E-state index in [1.807, 2.05) is 0 Å². The molecule has 1 heterocycles. The highest BCUT2D eigenvalue weighted by Gasteiger charge is 2.38. The number of methoxy groups -OCH3 is 1. The molecule has 0 saturated heterocycles. The Kier molecular flexibility index (Phi) is 4.53. The van der Waals surface area contributed by atoms with Crippen LogP contribution in [0.25, 0.3) is 0 Å². The van der Waals surface area contributed by atoms with Gasteiger partial charge in [0, 0.05) is 18.5 Å². The molecule has 1 aromatic heterocycles. The lowest BCUT2D eigenvalue weighted by Crippen LogP contribution is -2.28. The molecule has 4 heteroatoms. The van der Waals surface area contributed by atoms with Crippen molar-refractivity contribution < 1.29 is 4.74 Å². The summed E-state index contributed by atoms with van der Waals surface area (Å²) in [6.45, 7) is 4.85. The number of ether oxygens (including phenoxy) is 1. The fourth-order valence-corrected chi connectivity index (χ4v) is 3.05. The van der Waals surface area contributed by atoms with Crippen LogP contribution in [0.3, 0.4) is 0 Å². The van der Waals surface area contributed by atoms with Crippen LogP contribution in [0.4, 0.5) is 0 Å². The van der Waals surface area contributed by atoms with E-state index in [0.29, 0.717) is 6.54 Å². The molecule has 1 fully saturated rings. The summed E-state index contributed by atoms with van der Waals surface area (Å²) in [5.41, 5.74) is 8.75. The third kappa shape index (κ3) is 2.79. The maximum atomic E-state index is 5.77. The van der Waals surface area contributed by atoms with Crippen LogP contribution < -0.4 is 5.73 Å². The second-order valence-corrected chi connectivity index (χ2v) is 5.49. The second kappa shape index (κ2) is 5.97. The van der Waals surface area contributed by atoms with Crippen LogP contribution in [0.2, 0.25) is 0 Å². The summed E-state index contributed by atoms with van der Waals surface area (Å²) >= 11 is 0. The third-order valence-corrected chi connectivity index (χ3v) is 4.26. The van der Waals surface area contributed by atoms with Crippen molar-refractivity contribution in [2.75, 3.05) is 13.7 Å². The number of nitrogens with zero attached hydrogens (tertiary/aromatic N) is 2. The van der Waals surface area contributed by atoms with Gasteiger partial charge in [0.15, 0.2) is 5.82 Å². The zero-order valence-corrected chi connectivity index (χ0v) is 12.3. The highest BCUT2D eigenvalue weighted by atomic mass is 16.5. The van der Waals surface area contributed by atoms with Crippen molar-refractivity contribution in [3.63, 3.8) is 0 Å². The Balaban J connectivity index is 2.33. The Morgan fingerprint density at radius 3 is 2.21 bits per heavy atom. The van der Waals surface area contributed by atoms with Crippen molar-refractivity contribution in [1.29, 1.82) is 0 Å². The van der Waals surface area contributed by atoms with E-state index in [4.69, 9.17) is 20.4 Å². The molecule has 1 aliphatic rings. The topological polar surface area (TPSA) is 61.0 Å². The van der Waals surface area contributed by atoms with Crippen molar-refractivity contribution >= 4 is 0 Å². The molecule has 0 bridgehead atoms. The predicted octanol–water partition coefficient (Wildman–Crippen LogP) is 2.40. The van der Waals surface area contributed by atoms with Gasteiger partial charge < -0.3 is 10.5 Å². The average molecular weight is 263 g/mol. The Morgan fingerprint density at radius 1 is 1.16 bits per heavy atom. The Bertz CT molecular complexity index is 416. The van der Waals surface area contributed by atoms with E-state index in [1.54, 1.807) is 7.11 Å². The summed E-state index contributed by atoms with van der Waals surface area (Å²) in [5, 5.41) is 0. The summed E-state index contributed by atoms with van der Waals surface area (Å²) in [5.74, 6) is 0.874. The number of hydrogen-bond acceptors (Lipinski definition) is 4. The maximum Gasteiger partial charge on any atom is 0.160 e. The average Bonchev–Trinajstić information content (AvgIpc) is 2.87. The first-order chi connectivity index (χ1) is 9.13. The van der Waals surface area contributed by atoms with E-state index in [1.165, 1.54) is 18.4 Å². The zero-order valence-electron chi connectivity index (χ0n) is 12.3. The molecule has 1 aliphatic carbocycles. The van der Waals surface area contributed by atoms with Crippen LogP contribution in [-0.4, -0.2) is 23.6 Å². The molecule has 2 N–H and O–H groups in total. The molecule has 0 aromatic carbocycles. The number of nitrogens with two attached hydrogens (primary N) is 1. The number of hydrogen-bond donors (Lipinski definition) is 1. The van der Waals surface area contributed by atoms with Gasteiger partial charge in [-0.15, -0.1) is 0 Å². The van der Waals surface area contributed by atoms with Crippen LogP contribution in [0, 0.1) is 13.8 Å². The van der Waals surface area contributed by atoms with E-state index in [2.05, 4.69) is 13.8 Å². The SMILES string of the molecule is COC1(c2nc(C)c(CCCN)c(C)n2)CCCC1. The molecule has 0 amide bonds. The fourth-order valence-electron chi connectivity index (χ4n) is 3.05. The van der Waals surface area contributed by atoms with Gasteiger partial charge in [-0.1, -0.05) is 0 Å². The van der Waals surface area contributed by atoms with E-state index >= 15 is 0 Å². The van der Waals surface area contributed by atoms with Gasteiger partial charge in [0.1, 0.15) is 5.60 Å². The molecule has 2 rings (SSSR count). The van der Waals surface area contributed by atoms with E-state index in [9.17, 15) is 0 Å². The van der Waals surface area contributed by atoms with Gasteiger partial charge in [-0.25, -0.2) is 9.97 Å². The molecule has 4 nitrogen and oxygen atoms in total. The molecule has 0 atom stereocenters. The number of aryl methyl sites for hydroxylation is 2. The molecule has 19 heavy (non-hydrogen) atoms. The van der Waals surface area contributed by atoms with Crippen LogP contribution in [-0.2, 0) is 16.8 Å². The Hall–Kier alpha value is -1.00. The summed E-state index contributed by atoms with van der Waals surface area (Å²) in [6.07, 6.45) is 6.41. The van der Waals surface area contributed by atoms with Gasteiger partial charge in [0.2, 0.25) is 0 Å². The quantitative estimate of drug-likeness (QED) is 0.886. The minimum atomic E-state index is -0.248. The van der Waals surface area contributed by atoms with Crippen LogP contribution >= 0.6 is 0 Å². The number of rotatable bonds is 5. The standard InChI is InChI=1S/C15H25N3O/c1-11-13(7-6-10-16)12(2)18-14(17-11)15(19-3)8-4-5-9-15/h4-10,16H2,1-3H3. The van der Waals surface area contributed by atoms with Gasteiger partial charge in [-0.3, -0.25) is 0 Å². The highest BCUT2D eigenvalue weighted by molar-refractivity contribution is 5.26. The van der Waals surface area contributed by atoms with Crippen LogP contribution in [0.15, 0.2) is 0 Å². The molecule has 1 aromatic rings. The lowest BCUT2D eigenvalue weighted by atomic mass is 9.99. The maximum absolute atomic E-state index is 5.77. The van der Waals surface area contributed by atoms with E-state index < -0.39 is 0 Å². The van der Waals surface area contributed by atoms with Crippen molar-refractivity contribution in [1.82, 2.24) is 9.97 Å². The molecule has 0 radical (unpaired) electrons. The summed E-state index contributed by atoms with van der Waals surface area (Å²) in [7, 11) is 1.78. The van der Waals surface area contributed by atoms with Crippen LogP contribution in [0.1, 0.15) is 54.9 Å². The fraction of sp³-hybridized carbons (Fsp3) is 0.733. The van der Waals surface area contributed by atoms with Gasteiger partial charge in [-0.2, -0.15) is 0 Å². The zero-order chi connectivity index (χ0) is 13.9. The third-order valence-electron chi connectivity index (χ3n) is 4.26. The molecular weight excluding hydrogens is 238 g/mol. The molecular formula is C15H25N3O. The van der Waals surface area contributed by atoms with Crippen molar-refractivity contribution in [3.8, 4) is 0 Å². The van der Waals surface area contributed by atoms with E-state index in [0.717, 1.165) is 42.9 Å². The second-order valence-electron chi connectivity index (χ2n) is 5.49. The van der Waals surface area contributed by atoms with Crippen molar-refractivity contribution in [2.45, 2.75) is 58.0 Å². The van der Waals surface area contributed by atoms with Crippen molar-refractivity contribution in [2.24, 2.45) is 5.73 Å². The molecule has 0 aliphatic heterocycles. The first kappa shape index (κ1) is 14.4. The summed E-state index contributed by atoms with van der Waals surface area (Å²) in [4.78, 5) is 9.47. The van der Waals surface area contributed by atoms with E-state index in [-0.39, 0.29) is 5.60 Å². The lowest BCUT2D eigenvalue weighted by Gasteiger charge is -2.26. The molecule has 0 unspecified atom stereocenters. The minimum Gasteiger partial charge on any atom is -0.370 e. The van der Waals surface area contributed by atoms with Gasteiger partial charge >= 0.3 is 0 Å². The lowest BCUT2D eigenvalue weighted by molar-refractivity contribution is -0.0166. The Morgan fingerprint density at radius 2 is 1.74 bits per heavy atom. The Labute approximate surface area is 115 Å². The summed E-state index contributed by atoms with van der Waals surface area (Å²) < 4.78 is 5.77. The smallest absolute Gasteiger partial charge is 0.160 e. The van der Waals surface area contributed by atoms with Gasteiger partial charge in [-0.05, 0) is 64.5 Å².